The first-order chi connectivity index (χ1) is 6.25. The van der Waals surface area contributed by atoms with Crippen LogP contribution >= 0.6 is 23.6 Å². The average Bonchev–Trinajstić information content (AvgIpc) is 2.53. The molecule has 0 aliphatic carbocycles. The summed E-state index contributed by atoms with van der Waals surface area (Å²) in [5, 5.41) is 7.69. The monoisotopic (exact) mass is 209 g/mol. The first kappa shape index (κ1) is 8.52. The van der Waals surface area contributed by atoms with Gasteiger partial charge < -0.3 is 0 Å². The van der Waals surface area contributed by atoms with Gasteiger partial charge in [0.2, 0.25) is 0 Å². The van der Waals surface area contributed by atoms with Crippen LogP contribution in [0.1, 0.15) is 5.69 Å². The number of aryl methyl sites for hydroxylation is 1. The quantitative estimate of drug-likeness (QED) is 0.734. The second kappa shape index (κ2) is 3.35. The third kappa shape index (κ3) is 1.81. The van der Waals surface area contributed by atoms with Crippen LogP contribution in [0, 0.1) is 10.9 Å². The number of pyridine rings is 1. The summed E-state index contributed by atoms with van der Waals surface area (Å²) in [6.45, 7) is 1.95. The minimum Gasteiger partial charge on any atom is -0.261 e. The van der Waals surface area contributed by atoms with E-state index in [-0.39, 0.29) is 0 Å². The maximum atomic E-state index is 4.94. The third-order valence-electron chi connectivity index (χ3n) is 1.60. The number of hydrogen-bond acceptors (Lipinski definition) is 4. The number of nitrogens with zero attached hydrogens (tertiary/aromatic N) is 2. The van der Waals surface area contributed by atoms with Crippen LogP contribution in [0.25, 0.3) is 10.6 Å². The van der Waals surface area contributed by atoms with Gasteiger partial charge in [-0.3, -0.25) is 10.1 Å². The lowest BCUT2D eigenvalue weighted by Gasteiger charge is -1.94. The number of hydrogen-bond donors (Lipinski definition) is 1. The molecule has 2 heterocycles. The first-order valence-electron chi connectivity index (χ1n) is 3.74. The Kier molecular flexibility index (Phi) is 2.20. The van der Waals surface area contributed by atoms with Crippen LogP contribution in [0.5, 0.6) is 0 Å². The summed E-state index contributed by atoms with van der Waals surface area (Å²) < 4.78 is 0.690. The van der Waals surface area contributed by atoms with E-state index in [0.717, 1.165) is 16.3 Å². The van der Waals surface area contributed by atoms with Crippen LogP contribution in [0.4, 0.5) is 0 Å². The molecule has 2 rings (SSSR count). The fourth-order valence-electron chi connectivity index (χ4n) is 0.948. The molecule has 0 spiro atoms. The fraction of sp³-hybridized carbons (Fsp3) is 0.125. The van der Waals surface area contributed by atoms with Gasteiger partial charge in [0.25, 0.3) is 0 Å². The van der Waals surface area contributed by atoms with Crippen LogP contribution < -0.4 is 0 Å². The topological polar surface area (TPSA) is 41.6 Å². The lowest BCUT2D eigenvalue weighted by Crippen LogP contribution is -1.81. The van der Waals surface area contributed by atoms with Gasteiger partial charge in [-0.1, -0.05) is 11.3 Å². The van der Waals surface area contributed by atoms with Crippen molar-refractivity contribution in [3.05, 3.63) is 28.0 Å². The Hall–Kier alpha value is -1.07. The maximum Gasteiger partial charge on any atom is 0.176 e. The zero-order valence-electron chi connectivity index (χ0n) is 6.94. The van der Waals surface area contributed by atoms with E-state index < -0.39 is 0 Å². The molecule has 0 bridgehead atoms. The zero-order chi connectivity index (χ0) is 9.26. The molecule has 0 saturated heterocycles. The highest BCUT2D eigenvalue weighted by atomic mass is 32.1. The van der Waals surface area contributed by atoms with Crippen molar-refractivity contribution in [1.29, 1.82) is 0 Å². The van der Waals surface area contributed by atoms with E-state index in [9.17, 15) is 0 Å². The predicted octanol–water partition coefficient (Wildman–Crippen LogP) is 2.57. The van der Waals surface area contributed by atoms with Crippen molar-refractivity contribution >= 4 is 23.6 Å². The molecular formula is C8H7N3S2. The van der Waals surface area contributed by atoms with Gasteiger partial charge in [0.05, 0.1) is 0 Å². The number of rotatable bonds is 1. The Morgan fingerprint density at radius 3 is 2.85 bits per heavy atom. The van der Waals surface area contributed by atoms with Crippen molar-refractivity contribution in [1.82, 2.24) is 15.2 Å². The molecule has 5 heteroatoms. The van der Waals surface area contributed by atoms with Crippen LogP contribution in [-0.2, 0) is 0 Å². The number of nitrogens with one attached hydrogen (secondary N) is 1. The number of aromatic nitrogens is 3. The molecule has 66 valence electrons. The molecule has 1 N–H and O–H groups in total. The molecule has 2 aromatic rings. The van der Waals surface area contributed by atoms with Gasteiger partial charge in [-0.2, -0.15) is 5.10 Å². The summed E-state index contributed by atoms with van der Waals surface area (Å²) in [5.74, 6) is 0. The summed E-state index contributed by atoms with van der Waals surface area (Å²) in [7, 11) is 0. The third-order valence-corrected chi connectivity index (χ3v) is 2.73. The van der Waals surface area contributed by atoms with E-state index >= 15 is 0 Å². The molecule has 0 aliphatic heterocycles. The number of aromatic amines is 1. The van der Waals surface area contributed by atoms with Crippen molar-refractivity contribution in [2.24, 2.45) is 0 Å². The van der Waals surface area contributed by atoms with Crippen molar-refractivity contribution in [3.8, 4) is 10.6 Å². The van der Waals surface area contributed by atoms with E-state index in [1.165, 1.54) is 11.3 Å². The Morgan fingerprint density at radius 1 is 1.46 bits per heavy atom. The van der Waals surface area contributed by atoms with Crippen LogP contribution in [-0.4, -0.2) is 15.2 Å². The molecule has 0 unspecified atom stereocenters. The highest BCUT2D eigenvalue weighted by Crippen LogP contribution is 2.20. The molecule has 0 aliphatic rings. The molecule has 0 atom stereocenters. The molecule has 3 nitrogen and oxygen atoms in total. The van der Waals surface area contributed by atoms with Crippen LogP contribution in [0.3, 0.4) is 0 Å². The highest BCUT2D eigenvalue weighted by Gasteiger charge is 2.00. The molecule has 2 aromatic heterocycles. The summed E-state index contributed by atoms with van der Waals surface area (Å²) in [6.07, 6.45) is 1.80. The smallest absolute Gasteiger partial charge is 0.176 e. The predicted molar refractivity (Wildman–Crippen MR) is 55.3 cm³/mol. The van der Waals surface area contributed by atoms with E-state index in [4.69, 9.17) is 12.2 Å². The van der Waals surface area contributed by atoms with Gasteiger partial charge in [-0.05, 0) is 31.3 Å². The van der Waals surface area contributed by atoms with E-state index in [1.54, 1.807) is 6.20 Å². The minimum absolute atomic E-state index is 0.690. The first-order valence-corrected chi connectivity index (χ1v) is 4.97. The van der Waals surface area contributed by atoms with Gasteiger partial charge in [-0.15, -0.1) is 0 Å². The van der Waals surface area contributed by atoms with Gasteiger partial charge >= 0.3 is 0 Å². The van der Waals surface area contributed by atoms with Crippen molar-refractivity contribution < 1.29 is 0 Å². The van der Waals surface area contributed by atoms with E-state index in [1.807, 2.05) is 19.1 Å². The Labute approximate surface area is 84.5 Å². The SMILES string of the molecule is Cc1ccc(-c2n[nH]c(=S)s2)cn1. The summed E-state index contributed by atoms with van der Waals surface area (Å²) in [5.41, 5.74) is 2.01. The second-order valence-electron chi connectivity index (χ2n) is 2.61. The second-order valence-corrected chi connectivity index (χ2v) is 4.27. The lowest BCUT2D eigenvalue weighted by atomic mass is 10.3. The van der Waals surface area contributed by atoms with Crippen molar-refractivity contribution in [2.75, 3.05) is 0 Å². The Bertz CT molecular complexity index is 455. The molecule has 0 aromatic carbocycles. The largest absolute Gasteiger partial charge is 0.261 e. The zero-order valence-corrected chi connectivity index (χ0v) is 8.58. The molecule has 0 fully saturated rings. The normalized spacial score (nSPS) is 10.2. The van der Waals surface area contributed by atoms with E-state index in [0.29, 0.717) is 3.95 Å². The Balaban J connectivity index is 2.47. The van der Waals surface area contributed by atoms with Crippen LogP contribution in [0.2, 0.25) is 0 Å². The minimum atomic E-state index is 0.690. The average molecular weight is 209 g/mol. The molecule has 0 radical (unpaired) electrons. The molecular weight excluding hydrogens is 202 g/mol. The lowest BCUT2D eigenvalue weighted by molar-refractivity contribution is 1.08. The summed E-state index contributed by atoms with van der Waals surface area (Å²) in [6, 6.07) is 3.95. The van der Waals surface area contributed by atoms with Gasteiger partial charge in [0.15, 0.2) is 3.95 Å². The van der Waals surface area contributed by atoms with Gasteiger partial charge in [0.1, 0.15) is 5.01 Å². The number of H-pyrrole nitrogens is 1. The summed E-state index contributed by atoms with van der Waals surface area (Å²) in [4.78, 5) is 4.18. The van der Waals surface area contributed by atoms with Crippen LogP contribution in [0.15, 0.2) is 18.3 Å². The molecule has 0 amide bonds. The highest BCUT2D eigenvalue weighted by molar-refractivity contribution is 7.73. The fourth-order valence-corrected chi connectivity index (χ4v) is 1.83. The van der Waals surface area contributed by atoms with Crippen molar-refractivity contribution in [3.63, 3.8) is 0 Å². The molecule has 13 heavy (non-hydrogen) atoms. The summed E-state index contributed by atoms with van der Waals surface area (Å²) >= 11 is 6.39. The van der Waals surface area contributed by atoms with Gasteiger partial charge in [0, 0.05) is 17.5 Å². The maximum absolute atomic E-state index is 4.94. The standard InChI is InChI=1S/C8H7N3S2/c1-5-2-3-6(4-9-5)7-10-11-8(12)13-7/h2-4H,1H3,(H,11,12). The van der Waals surface area contributed by atoms with Gasteiger partial charge in [-0.25, -0.2) is 0 Å². The van der Waals surface area contributed by atoms with Crippen molar-refractivity contribution in [2.45, 2.75) is 6.92 Å². The molecule has 0 saturated carbocycles. The Morgan fingerprint density at radius 2 is 2.31 bits per heavy atom. The van der Waals surface area contributed by atoms with E-state index in [2.05, 4.69) is 15.2 Å².